The lowest BCUT2D eigenvalue weighted by Gasteiger charge is -2.19. The number of amides is 1. The van der Waals surface area contributed by atoms with Crippen LogP contribution in [0.3, 0.4) is 0 Å². The van der Waals surface area contributed by atoms with E-state index in [1.807, 2.05) is 60.7 Å². The molecule has 0 aliphatic rings. The number of aromatic nitrogens is 2. The summed E-state index contributed by atoms with van der Waals surface area (Å²) in [6, 6.07) is 24.5. The highest BCUT2D eigenvalue weighted by molar-refractivity contribution is 5.87. The van der Waals surface area contributed by atoms with Gasteiger partial charge in [-0.25, -0.2) is 4.98 Å². The van der Waals surface area contributed by atoms with Crippen molar-refractivity contribution >= 4 is 11.7 Å². The van der Waals surface area contributed by atoms with Gasteiger partial charge in [0.05, 0.1) is 11.6 Å². The minimum Gasteiger partial charge on any atom is -0.508 e. The number of nitrogens with one attached hydrogen (secondary N) is 1. The molecule has 32 heavy (non-hydrogen) atoms. The van der Waals surface area contributed by atoms with Crippen molar-refractivity contribution in [2.24, 2.45) is 5.73 Å². The van der Waals surface area contributed by atoms with Crippen molar-refractivity contribution in [3.63, 3.8) is 0 Å². The summed E-state index contributed by atoms with van der Waals surface area (Å²) in [5.41, 5.74) is 9.78. The topological polar surface area (TPSA) is 101 Å². The molecule has 160 valence electrons. The number of hydrogen-bond donors (Lipinski definition) is 3. The summed E-state index contributed by atoms with van der Waals surface area (Å²) in [6.07, 6.45) is 3.90. The highest BCUT2D eigenvalue weighted by Crippen LogP contribution is 2.31. The van der Waals surface area contributed by atoms with Gasteiger partial charge in [-0.1, -0.05) is 60.7 Å². The molecule has 2 aromatic carbocycles. The van der Waals surface area contributed by atoms with Crippen molar-refractivity contribution in [2.75, 3.05) is 11.9 Å². The fourth-order valence-electron chi connectivity index (χ4n) is 3.70. The summed E-state index contributed by atoms with van der Waals surface area (Å²) in [5, 5.41) is 13.4. The smallest absolute Gasteiger partial charge is 0.229 e. The summed E-state index contributed by atoms with van der Waals surface area (Å²) < 4.78 is 0. The molecule has 1 amide bonds. The van der Waals surface area contributed by atoms with Gasteiger partial charge in [0.15, 0.2) is 0 Å². The molecule has 6 nitrogen and oxygen atoms in total. The van der Waals surface area contributed by atoms with E-state index in [1.165, 1.54) is 0 Å². The molecule has 0 radical (unpaired) electrons. The van der Waals surface area contributed by atoms with Crippen molar-refractivity contribution < 1.29 is 9.90 Å². The maximum absolute atomic E-state index is 12.5. The number of carbonyl (C=O) groups excluding carboxylic acids is 1. The van der Waals surface area contributed by atoms with E-state index in [2.05, 4.69) is 10.3 Å². The van der Waals surface area contributed by atoms with Gasteiger partial charge in [0.2, 0.25) is 5.91 Å². The lowest BCUT2D eigenvalue weighted by molar-refractivity contribution is -0.118. The molecule has 0 bridgehead atoms. The molecule has 0 fully saturated rings. The first-order valence-corrected chi connectivity index (χ1v) is 10.4. The predicted molar refractivity (Wildman–Crippen MR) is 125 cm³/mol. The summed E-state index contributed by atoms with van der Waals surface area (Å²) in [6.45, 7) is 0.522. The third-order valence-corrected chi connectivity index (χ3v) is 5.29. The summed E-state index contributed by atoms with van der Waals surface area (Å²) >= 11 is 0. The molecule has 0 saturated carbocycles. The lowest BCUT2D eigenvalue weighted by atomic mass is 9.91. The molecule has 1 atom stereocenters. The Morgan fingerprint density at radius 2 is 1.75 bits per heavy atom. The largest absolute Gasteiger partial charge is 0.508 e. The maximum Gasteiger partial charge on any atom is 0.229 e. The van der Waals surface area contributed by atoms with Crippen LogP contribution in [0.2, 0.25) is 0 Å². The van der Waals surface area contributed by atoms with Gasteiger partial charge in [0.1, 0.15) is 11.6 Å². The van der Waals surface area contributed by atoms with Crippen molar-refractivity contribution in [2.45, 2.75) is 12.3 Å². The summed E-state index contributed by atoms with van der Waals surface area (Å²) in [5.74, 6) is -0.329. The third kappa shape index (κ3) is 4.75. The summed E-state index contributed by atoms with van der Waals surface area (Å²) in [7, 11) is 0. The van der Waals surface area contributed by atoms with E-state index in [9.17, 15) is 9.90 Å². The van der Waals surface area contributed by atoms with Crippen LogP contribution >= 0.6 is 0 Å². The van der Waals surface area contributed by atoms with Gasteiger partial charge in [-0.15, -0.1) is 0 Å². The van der Waals surface area contributed by atoms with Crippen LogP contribution in [0.5, 0.6) is 5.75 Å². The molecule has 0 spiro atoms. The van der Waals surface area contributed by atoms with E-state index in [1.54, 1.807) is 30.6 Å². The number of hydrogen-bond acceptors (Lipinski definition) is 5. The van der Waals surface area contributed by atoms with Crippen LogP contribution in [-0.4, -0.2) is 27.5 Å². The Kier molecular flexibility index (Phi) is 6.41. The van der Waals surface area contributed by atoms with Crippen LogP contribution in [0, 0.1) is 0 Å². The number of benzene rings is 2. The van der Waals surface area contributed by atoms with E-state index in [4.69, 9.17) is 10.7 Å². The first-order valence-electron chi connectivity index (χ1n) is 10.4. The number of phenols is 1. The number of nitrogens with zero attached hydrogens (tertiary/aromatic N) is 2. The predicted octanol–water partition coefficient (Wildman–Crippen LogP) is 4.12. The Bertz CT molecular complexity index is 1200. The lowest BCUT2D eigenvalue weighted by Crippen LogP contribution is -2.24. The van der Waals surface area contributed by atoms with Crippen LogP contribution in [0.4, 0.5) is 5.82 Å². The summed E-state index contributed by atoms with van der Waals surface area (Å²) in [4.78, 5) is 21.4. The number of primary amides is 1. The third-order valence-electron chi connectivity index (χ3n) is 5.29. The van der Waals surface area contributed by atoms with Gasteiger partial charge < -0.3 is 16.2 Å². The maximum atomic E-state index is 12.5. The normalized spacial score (nSPS) is 11.6. The van der Waals surface area contributed by atoms with E-state index in [-0.39, 0.29) is 5.75 Å². The van der Waals surface area contributed by atoms with Crippen molar-refractivity contribution in [3.8, 4) is 17.0 Å². The number of carbonyl (C=O) groups is 1. The first-order chi connectivity index (χ1) is 15.6. The quantitative estimate of drug-likeness (QED) is 0.395. The zero-order valence-electron chi connectivity index (χ0n) is 17.5. The molecular formula is C26H24N4O2. The second-order valence-corrected chi connectivity index (χ2v) is 7.43. The Hall–Kier alpha value is -4.19. The van der Waals surface area contributed by atoms with Crippen LogP contribution in [0.25, 0.3) is 11.3 Å². The van der Waals surface area contributed by atoms with Crippen LogP contribution in [0.15, 0.2) is 91.3 Å². The number of anilines is 1. The molecule has 2 heterocycles. The highest BCUT2D eigenvalue weighted by atomic mass is 16.3. The fourth-order valence-corrected chi connectivity index (χ4v) is 3.70. The Balaban J connectivity index is 1.70. The minimum atomic E-state index is -0.686. The molecule has 4 N–H and O–H groups in total. The van der Waals surface area contributed by atoms with Crippen LogP contribution in [0.1, 0.15) is 22.6 Å². The van der Waals surface area contributed by atoms with Gasteiger partial charge in [-0.05, 0) is 35.7 Å². The number of para-hydroxylation sites is 1. The van der Waals surface area contributed by atoms with Gasteiger partial charge in [-0.2, -0.15) is 0 Å². The Labute approximate surface area is 186 Å². The van der Waals surface area contributed by atoms with Gasteiger partial charge >= 0.3 is 0 Å². The number of pyridine rings is 2. The fraction of sp³-hybridized carbons (Fsp3) is 0.115. The number of phenolic OH excluding ortho intramolecular Hbond substituents is 1. The average molecular weight is 425 g/mol. The molecule has 4 rings (SSSR count). The number of nitrogens with two attached hydrogens (primary N) is 1. The Morgan fingerprint density at radius 3 is 2.47 bits per heavy atom. The number of aromatic hydroxyl groups is 1. The molecule has 0 saturated heterocycles. The molecule has 1 unspecified atom stereocenters. The SMILES string of the molecule is NC(=O)C(c1cccnc1)c1ccc(-c2ccccc2)nc1NCCc1ccccc1O. The number of rotatable bonds is 8. The zero-order valence-corrected chi connectivity index (χ0v) is 17.5. The van der Waals surface area contributed by atoms with Crippen molar-refractivity contribution in [1.82, 2.24) is 9.97 Å². The molecule has 0 aliphatic heterocycles. The molecule has 2 aromatic heterocycles. The second kappa shape index (κ2) is 9.75. The monoisotopic (exact) mass is 424 g/mol. The van der Waals surface area contributed by atoms with E-state index in [0.717, 1.165) is 16.8 Å². The second-order valence-electron chi connectivity index (χ2n) is 7.43. The molecular weight excluding hydrogens is 400 g/mol. The van der Waals surface area contributed by atoms with Crippen LogP contribution < -0.4 is 11.1 Å². The zero-order chi connectivity index (χ0) is 22.3. The van der Waals surface area contributed by atoms with Crippen molar-refractivity contribution in [1.29, 1.82) is 0 Å². The van der Waals surface area contributed by atoms with E-state index < -0.39 is 11.8 Å². The molecule has 0 aliphatic carbocycles. The van der Waals surface area contributed by atoms with Gasteiger partial charge in [-0.3, -0.25) is 9.78 Å². The standard InChI is InChI=1S/C26H24N4O2/c27-25(32)24(20-10-6-15-28-17-20)21-12-13-22(18-7-2-1-3-8-18)30-26(21)29-16-14-19-9-4-5-11-23(19)31/h1-13,15,17,24,31H,14,16H2,(H2,27,32)(H,29,30). The Morgan fingerprint density at radius 1 is 0.969 bits per heavy atom. The first kappa shape index (κ1) is 21.1. The van der Waals surface area contributed by atoms with Crippen LogP contribution in [-0.2, 0) is 11.2 Å². The van der Waals surface area contributed by atoms with E-state index in [0.29, 0.717) is 29.9 Å². The average Bonchev–Trinajstić information content (AvgIpc) is 2.82. The highest BCUT2D eigenvalue weighted by Gasteiger charge is 2.24. The van der Waals surface area contributed by atoms with Crippen molar-refractivity contribution in [3.05, 3.63) is 108 Å². The van der Waals surface area contributed by atoms with Gasteiger partial charge in [0, 0.05) is 30.1 Å². The van der Waals surface area contributed by atoms with E-state index >= 15 is 0 Å². The molecule has 6 heteroatoms. The minimum absolute atomic E-state index is 0.255. The van der Waals surface area contributed by atoms with Gasteiger partial charge in [0.25, 0.3) is 0 Å². The molecule has 4 aromatic rings.